The number of hydrogen-bond donors (Lipinski definition) is 1. The van der Waals surface area contributed by atoms with Gasteiger partial charge in [-0.3, -0.25) is 4.98 Å². The van der Waals surface area contributed by atoms with Crippen LogP contribution in [-0.4, -0.2) is 10.1 Å². The SMILES string of the molecule is CCCc1c(C(C)C)nc(C(C)C)c(CO)c1-c1ccc(Cl)cc1. The van der Waals surface area contributed by atoms with E-state index in [1.54, 1.807) is 0 Å². The first-order valence-corrected chi connectivity index (χ1v) is 9.20. The van der Waals surface area contributed by atoms with Crippen LogP contribution in [0.4, 0.5) is 0 Å². The van der Waals surface area contributed by atoms with Gasteiger partial charge in [0.25, 0.3) is 0 Å². The fourth-order valence-electron chi connectivity index (χ4n) is 3.29. The van der Waals surface area contributed by atoms with Gasteiger partial charge in [0.1, 0.15) is 0 Å². The Kier molecular flexibility index (Phi) is 6.42. The Labute approximate surface area is 150 Å². The second-order valence-electron chi connectivity index (χ2n) is 6.94. The van der Waals surface area contributed by atoms with Crippen molar-refractivity contribution in [1.82, 2.24) is 4.98 Å². The highest BCUT2D eigenvalue weighted by molar-refractivity contribution is 6.30. The normalized spacial score (nSPS) is 11.5. The van der Waals surface area contributed by atoms with Gasteiger partial charge in [-0.1, -0.05) is 64.8 Å². The fourth-order valence-corrected chi connectivity index (χ4v) is 3.41. The first-order chi connectivity index (χ1) is 11.4. The number of halogens is 1. The largest absolute Gasteiger partial charge is 0.392 e. The first-order valence-electron chi connectivity index (χ1n) is 8.82. The Morgan fingerprint density at radius 1 is 0.958 bits per heavy atom. The summed E-state index contributed by atoms with van der Waals surface area (Å²) in [4.78, 5) is 4.98. The van der Waals surface area contributed by atoms with E-state index >= 15 is 0 Å². The van der Waals surface area contributed by atoms with Gasteiger partial charge in [0.05, 0.1) is 6.61 Å². The van der Waals surface area contributed by atoms with Gasteiger partial charge in [0.15, 0.2) is 0 Å². The first kappa shape index (κ1) is 19.0. The highest BCUT2D eigenvalue weighted by Gasteiger charge is 2.22. The van der Waals surface area contributed by atoms with Crippen molar-refractivity contribution in [2.75, 3.05) is 0 Å². The van der Waals surface area contributed by atoms with E-state index in [-0.39, 0.29) is 12.5 Å². The molecule has 0 amide bonds. The second kappa shape index (κ2) is 8.13. The number of aliphatic hydroxyl groups excluding tert-OH is 1. The third-order valence-electron chi connectivity index (χ3n) is 4.35. The maximum Gasteiger partial charge on any atom is 0.0705 e. The molecule has 24 heavy (non-hydrogen) atoms. The molecule has 0 spiro atoms. The third-order valence-corrected chi connectivity index (χ3v) is 4.60. The van der Waals surface area contributed by atoms with E-state index in [2.05, 4.69) is 34.6 Å². The van der Waals surface area contributed by atoms with Gasteiger partial charge in [-0.25, -0.2) is 0 Å². The number of benzene rings is 1. The van der Waals surface area contributed by atoms with E-state index in [0.717, 1.165) is 45.9 Å². The van der Waals surface area contributed by atoms with E-state index < -0.39 is 0 Å². The topological polar surface area (TPSA) is 33.1 Å². The van der Waals surface area contributed by atoms with E-state index in [1.165, 1.54) is 5.56 Å². The molecule has 1 N–H and O–H groups in total. The summed E-state index contributed by atoms with van der Waals surface area (Å²) >= 11 is 6.08. The van der Waals surface area contributed by atoms with Crippen LogP contribution in [0.3, 0.4) is 0 Å². The molecule has 0 saturated heterocycles. The smallest absolute Gasteiger partial charge is 0.0705 e. The minimum Gasteiger partial charge on any atom is -0.392 e. The molecule has 0 atom stereocenters. The maximum atomic E-state index is 10.1. The van der Waals surface area contributed by atoms with E-state index in [4.69, 9.17) is 16.6 Å². The van der Waals surface area contributed by atoms with Crippen LogP contribution in [-0.2, 0) is 13.0 Å². The van der Waals surface area contributed by atoms with Crippen molar-refractivity contribution in [3.63, 3.8) is 0 Å². The van der Waals surface area contributed by atoms with Gasteiger partial charge in [-0.15, -0.1) is 0 Å². The van der Waals surface area contributed by atoms with Crippen molar-refractivity contribution in [3.05, 3.63) is 51.8 Å². The Bertz CT molecular complexity index is 690. The zero-order valence-corrected chi connectivity index (χ0v) is 16.1. The zero-order chi connectivity index (χ0) is 17.9. The summed E-state index contributed by atoms with van der Waals surface area (Å²) in [7, 11) is 0. The summed E-state index contributed by atoms with van der Waals surface area (Å²) in [6.07, 6.45) is 2.01. The zero-order valence-electron chi connectivity index (χ0n) is 15.4. The standard InChI is InChI=1S/C21H28ClNO/c1-6-7-17-19(15-8-10-16(22)11-9-15)18(12-24)21(14(4)5)23-20(17)13(2)3/h8-11,13-14,24H,6-7,12H2,1-5H3. The molecule has 0 unspecified atom stereocenters. The van der Waals surface area contributed by atoms with Crippen LogP contribution in [0.5, 0.6) is 0 Å². The number of nitrogens with zero attached hydrogens (tertiary/aromatic N) is 1. The quantitative estimate of drug-likeness (QED) is 0.686. The Morgan fingerprint density at radius 3 is 1.96 bits per heavy atom. The molecule has 2 aromatic rings. The number of pyridine rings is 1. The average molecular weight is 346 g/mol. The summed E-state index contributed by atoms with van der Waals surface area (Å²) < 4.78 is 0. The van der Waals surface area contributed by atoms with Crippen molar-refractivity contribution in [1.29, 1.82) is 0 Å². The van der Waals surface area contributed by atoms with E-state index in [0.29, 0.717) is 5.92 Å². The van der Waals surface area contributed by atoms with Gasteiger partial charge in [0.2, 0.25) is 0 Å². The van der Waals surface area contributed by atoms with Crippen LogP contribution >= 0.6 is 11.6 Å². The van der Waals surface area contributed by atoms with Gasteiger partial charge in [-0.05, 0) is 47.1 Å². The fraction of sp³-hybridized carbons (Fsp3) is 0.476. The summed E-state index contributed by atoms with van der Waals surface area (Å²) in [5.74, 6) is 0.620. The molecule has 0 aliphatic heterocycles. The molecule has 3 heteroatoms. The Balaban J connectivity index is 2.86. The molecule has 0 aliphatic rings. The molecule has 0 fully saturated rings. The second-order valence-corrected chi connectivity index (χ2v) is 7.38. The molecule has 0 bridgehead atoms. The van der Waals surface area contributed by atoms with Crippen molar-refractivity contribution in [3.8, 4) is 11.1 Å². The van der Waals surface area contributed by atoms with Crippen LogP contribution in [0.2, 0.25) is 5.02 Å². The van der Waals surface area contributed by atoms with E-state index in [1.807, 2.05) is 24.3 Å². The summed E-state index contributed by atoms with van der Waals surface area (Å²) in [5, 5.41) is 10.8. The summed E-state index contributed by atoms with van der Waals surface area (Å²) in [6.45, 7) is 10.8. The molecule has 130 valence electrons. The minimum atomic E-state index is 0.00750. The predicted molar refractivity (Wildman–Crippen MR) is 103 cm³/mol. The minimum absolute atomic E-state index is 0.00750. The van der Waals surface area contributed by atoms with E-state index in [9.17, 15) is 5.11 Å². The molecular weight excluding hydrogens is 318 g/mol. The lowest BCUT2D eigenvalue weighted by molar-refractivity contribution is 0.279. The predicted octanol–water partition coefficient (Wildman–Crippen LogP) is 6.09. The monoisotopic (exact) mass is 345 g/mol. The molecule has 2 rings (SSSR count). The summed E-state index contributed by atoms with van der Waals surface area (Å²) in [5.41, 5.74) is 6.65. The van der Waals surface area contributed by atoms with Gasteiger partial charge < -0.3 is 5.11 Å². The molecule has 1 heterocycles. The lowest BCUT2D eigenvalue weighted by Gasteiger charge is -2.24. The molecule has 0 radical (unpaired) electrons. The van der Waals surface area contributed by atoms with Gasteiger partial charge in [-0.2, -0.15) is 0 Å². The number of aromatic nitrogens is 1. The summed E-state index contributed by atoms with van der Waals surface area (Å²) in [6, 6.07) is 7.92. The van der Waals surface area contributed by atoms with Crippen LogP contribution < -0.4 is 0 Å². The number of aliphatic hydroxyl groups is 1. The molecule has 1 aromatic carbocycles. The third kappa shape index (κ3) is 3.81. The van der Waals surface area contributed by atoms with Crippen molar-refractivity contribution < 1.29 is 5.11 Å². The van der Waals surface area contributed by atoms with Gasteiger partial charge in [0, 0.05) is 22.0 Å². The molecule has 0 aliphatic carbocycles. The van der Waals surface area contributed by atoms with Crippen molar-refractivity contribution in [2.45, 2.75) is 65.9 Å². The van der Waals surface area contributed by atoms with Crippen LogP contribution in [0, 0.1) is 0 Å². The van der Waals surface area contributed by atoms with Crippen LogP contribution in [0.1, 0.15) is 75.4 Å². The van der Waals surface area contributed by atoms with Gasteiger partial charge >= 0.3 is 0 Å². The lowest BCUT2D eigenvalue weighted by atomic mass is 9.86. The Morgan fingerprint density at radius 2 is 1.50 bits per heavy atom. The van der Waals surface area contributed by atoms with Crippen molar-refractivity contribution in [2.24, 2.45) is 0 Å². The lowest BCUT2D eigenvalue weighted by Crippen LogP contribution is -2.12. The van der Waals surface area contributed by atoms with Crippen LogP contribution in [0.25, 0.3) is 11.1 Å². The molecule has 2 nitrogen and oxygen atoms in total. The average Bonchev–Trinajstić information content (AvgIpc) is 2.54. The van der Waals surface area contributed by atoms with Crippen molar-refractivity contribution >= 4 is 11.6 Å². The number of rotatable bonds is 6. The molecular formula is C21H28ClNO. The maximum absolute atomic E-state index is 10.1. The number of hydrogen-bond acceptors (Lipinski definition) is 2. The highest BCUT2D eigenvalue weighted by Crippen LogP contribution is 2.37. The highest BCUT2D eigenvalue weighted by atomic mass is 35.5. The molecule has 0 saturated carbocycles. The molecule has 1 aromatic heterocycles. The van der Waals surface area contributed by atoms with Crippen LogP contribution in [0.15, 0.2) is 24.3 Å². The Hall–Kier alpha value is -1.38.